The molecule has 1 saturated heterocycles. The van der Waals surface area contributed by atoms with Crippen LogP contribution in [-0.2, 0) is 13.1 Å². The molecule has 0 spiro atoms. The van der Waals surface area contributed by atoms with Crippen LogP contribution in [0, 0.1) is 0 Å². The Bertz CT molecular complexity index is 650. The van der Waals surface area contributed by atoms with Crippen LogP contribution >= 0.6 is 0 Å². The van der Waals surface area contributed by atoms with Gasteiger partial charge >= 0.3 is 6.03 Å². The van der Waals surface area contributed by atoms with E-state index in [1.54, 1.807) is 12.1 Å². The van der Waals surface area contributed by atoms with Gasteiger partial charge in [-0.2, -0.15) is 0 Å². The SMILES string of the molecule is O=C(NCc1ccccc1)N1CCN(Cc2ccc(O)cc2)CC1. The normalized spacial score (nSPS) is 15.2. The summed E-state index contributed by atoms with van der Waals surface area (Å²) in [5.74, 6) is 0.290. The Balaban J connectivity index is 1.42. The van der Waals surface area contributed by atoms with Crippen molar-refractivity contribution in [3.05, 3.63) is 65.7 Å². The second-order valence-electron chi connectivity index (χ2n) is 6.07. The highest BCUT2D eigenvalue weighted by Gasteiger charge is 2.20. The van der Waals surface area contributed by atoms with E-state index < -0.39 is 0 Å². The number of urea groups is 1. The molecular weight excluding hydrogens is 302 g/mol. The Morgan fingerprint density at radius 2 is 1.58 bits per heavy atom. The molecule has 0 aromatic heterocycles. The van der Waals surface area contributed by atoms with E-state index in [0.29, 0.717) is 12.3 Å². The van der Waals surface area contributed by atoms with Crippen LogP contribution in [0.2, 0.25) is 0 Å². The Morgan fingerprint density at radius 3 is 2.25 bits per heavy atom. The van der Waals surface area contributed by atoms with Gasteiger partial charge in [0.15, 0.2) is 0 Å². The highest BCUT2D eigenvalue weighted by molar-refractivity contribution is 5.74. The van der Waals surface area contributed by atoms with E-state index in [9.17, 15) is 9.90 Å². The summed E-state index contributed by atoms with van der Waals surface area (Å²) in [5.41, 5.74) is 2.28. The van der Waals surface area contributed by atoms with Crippen LogP contribution in [0.15, 0.2) is 54.6 Å². The molecule has 0 atom stereocenters. The summed E-state index contributed by atoms with van der Waals surface area (Å²) in [6.07, 6.45) is 0. The zero-order valence-electron chi connectivity index (χ0n) is 13.7. The van der Waals surface area contributed by atoms with Gasteiger partial charge in [0.05, 0.1) is 0 Å². The van der Waals surface area contributed by atoms with Crippen molar-refractivity contribution in [2.45, 2.75) is 13.1 Å². The van der Waals surface area contributed by atoms with Crippen molar-refractivity contribution < 1.29 is 9.90 Å². The number of carbonyl (C=O) groups is 1. The maximum atomic E-state index is 12.2. The maximum Gasteiger partial charge on any atom is 0.317 e. The minimum atomic E-state index is 0.00290. The van der Waals surface area contributed by atoms with Gasteiger partial charge in [-0.05, 0) is 23.3 Å². The third kappa shape index (κ3) is 4.49. The molecule has 0 unspecified atom stereocenters. The van der Waals surface area contributed by atoms with Crippen LogP contribution in [0.25, 0.3) is 0 Å². The van der Waals surface area contributed by atoms with Crippen molar-refractivity contribution >= 4 is 6.03 Å². The number of aromatic hydroxyl groups is 1. The zero-order chi connectivity index (χ0) is 16.8. The van der Waals surface area contributed by atoms with Gasteiger partial charge in [0.2, 0.25) is 0 Å². The van der Waals surface area contributed by atoms with Crippen molar-refractivity contribution in [2.24, 2.45) is 0 Å². The zero-order valence-corrected chi connectivity index (χ0v) is 13.7. The summed E-state index contributed by atoms with van der Waals surface area (Å²) in [6, 6.07) is 17.2. The van der Waals surface area contributed by atoms with Gasteiger partial charge in [-0.3, -0.25) is 4.90 Å². The van der Waals surface area contributed by atoms with Gasteiger partial charge in [0.1, 0.15) is 5.75 Å². The molecular formula is C19H23N3O2. The summed E-state index contributed by atoms with van der Waals surface area (Å²) in [7, 11) is 0. The predicted octanol–water partition coefficient (Wildman–Crippen LogP) is 2.42. The van der Waals surface area contributed by atoms with Gasteiger partial charge in [-0.15, -0.1) is 0 Å². The summed E-state index contributed by atoms with van der Waals surface area (Å²) in [4.78, 5) is 16.4. The quantitative estimate of drug-likeness (QED) is 0.908. The highest BCUT2D eigenvalue weighted by atomic mass is 16.3. The van der Waals surface area contributed by atoms with Crippen LogP contribution in [0.5, 0.6) is 5.75 Å². The first-order valence-electron chi connectivity index (χ1n) is 8.28. The molecule has 0 bridgehead atoms. The number of nitrogens with zero attached hydrogens (tertiary/aromatic N) is 2. The molecule has 0 saturated carbocycles. The number of carbonyl (C=O) groups excluding carboxylic acids is 1. The number of benzene rings is 2. The van der Waals surface area contributed by atoms with Crippen LogP contribution in [-0.4, -0.2) is 47.1 Å². The largest absolute Gasteiger partial charge is 0.508 e. The van der Waals surface area contributed by atoms with E-state index in [2.05, 4.69) is 10.2 Å². The minimum Gasteiger partial charge on any atom is -0.508 e. The van der Waals surface area contributed by atoms with Crippen LogP contribution < -0.4 is 5.32 Å². The van der Waals surface area contributed by atoms with Crippen molar-refractivity contribution in [1.29, 1.82) is 0 Å². The van der Waals surface area contributed by atoms with Crippen molar-refractivity contribution in [1.82, 2.24) is 15.1 Å². The van der Waals surface area contributed by atoms with Crippen LogP contribution in [0.3, 0.4) is 0 Å². The summed E-state index contributed by atoms with van der Waals surface area (Å²) >= 11 is 0. The summed E-state index contributed by atoms with van der Waals surface area (Å²) < 4.78 is 0. The molecule has 1 aliphatic heterocycles. The lowest BCUT2D eigenvalue weighted by molar-refractivity contribution is 0.135. The van der Waals surface area contributed by atoms with E-state index in [0.717, 1.165) is 38.3 Å². The van der Waals surface area contributed by atoms with E-state index in [-0.39, 0.29) is 6.03 Å². The average molecular weight is 325 g/mol. The van der Waals surface area contributed by atoms with Gasteiger partial charge in [0.25, 0.3) is 0 Å². The van der Waals surface area contributed by atoms with Gasteiger partial charge in [-0.25, -0.2) is 4.79 Å². The van der Waals surface area contributed by atoms with Crippen molar-refractivity contribution in [2.75, 3.05) is 26.2 Å². The molecule has 1 aliphatic rings. The van der Waals surface area contributed by atoms with Gasteiger partial charge < -0.3 is 15.3 Å². The van der Waals surface area contributed by atoms with E-state index >= 15 is 0 Å². The number of rotatable bonds is 4. The molecule has 1 heterocycles. The summed E-state index contributed by atoms with van der Waals surface area (Å²) in [5, 5.41) is 12.3. The molecule has 5 nitrogen and oxygen atoms in total. The topological polar surface area (TPSA) is 55.8 Å². The molecule has 126 valence electrons. The van der Waals surface area contributed by atoms with E-state index in [1.165, 1.54) is 5.56 Å². The van der Waals surface area contributed by atoms with E-state index in [4.69, 9.17) is 0 Å². The fraction of sp³-hybridized carbons (Fsp3) is 0.316. The second-order valence-corrected chi connectivity index (χ2v) is 6.07. The van der Waals surface area contributed by atoms with E-state index in [1.807, 2.05) is 47.4 Å². The molecule has 1 fully saturated rings. The summed E-state index contributed by atoms with van der Waals surface area (Å²) in [6.45, 7) is 4.60. The van der Waals surface area contributed by atoms with Crippen LogP contribution in [0.1, 0.15) is 11.1 Å². The smallest absolute Gasteiger partial charge is 0.317 e. The lowest BCUT2D eigenvalue weighted by atomic mass is 10.2. The number of phenols is 1. The molecule has 0 aliphatic carbocycles. The number of piperazine rings is 1. The number of phenolic OH excluding ortho intramolecular Hbond substituents is 1. The third-order valence-electron chi connectivity index (χ3n) is 4.29. The minimum absolute atomic E-state index is 0.00290. The maximum absolute atomic E-state index is 12.2. The molecule has 2 amide bonds. The standard InChI is InChI=1S/C19H23N3O2/c23-18-8-6-17(7-9-18)15-21-10-12-22(13-11-21)19(24)20-14-16-4-2-1-3-5-16/h1-9,23H,10-15H2,(H,20,24). The van der Waals surface area contributed by atoms with Crippen LogP contribution in [0.4, 0.5) is 4.79 Å². The fourth-order valence-corrected chi connectivity index (χ4v) is 2.85. The second kappa shape index (κ2) is 7.84. The fourth-order valence-electron chi connectivity index (χ4n) is 2.85. The highest BCUT2D eigenvalue weighted by Crippen LogP contribution is 2.13. The molecule has 24 heavy (non-hydrogen) atoms. The number of hydrogen-bond acceptors (Lipinski definition) is 3. The number of hydrogen-bond donors (Lipinski definition) is 2. The average Bonchev–Trinajstić information content (AvgIpc) is 2.63. The molecule has 2 aromatic rings. The Hall–Kier alpha value is -2.53. The third-order valence-corrected chi connectivity index (χ3v) is 4.29. The lowest BCUT2D eigenvalue weighted by Gasteiger charge is -2.34. The first-order valence-corrected chi connectivity index (χ1v) is 8.28. The first-order chi connectivity index (χ1) is 11.7. The monoisotopic (exact) mass is 325 g/mol. The first kappa shape index (κ1) is 16.3. The molecule has 2 aromatic carbocycles. The number of nitrogens with one attached hydrogen (secondary N) is 1. The molecule has 2 N–H and O–H groups in total. The number of amides is 2. The van der Waals surface area contributed by atoms with Crippen molar-refractivity contribution in [3.8, 4) is 5.75 Å². The molecule has 5 heteroatoms. The lowest BCUT2D eigenvalue weighted by Crippen LogP contribution is -2.51. The molecule has 3 rings (SSSR count). The van der Waals surface area contributed by atoms with Gasteiger partial charge in [-0.1, -0.05) is 42.5 Å². The Labute approximate surface area is 142 Å². The van der Waals surface area contributed by atoms with Gasteiger partial charge in [0, 0.05) is 39.3 Å². The molecule has 0 radical (unpaired) electrons. The Morgan fingerprint density at radius 1 is 0.917 bits per heavy atom. The Kier molecular flexibility index (Phi) is 5.33. The predicted molar refractivity (Wildman–Crippen MR) is 93.6 cm³/mol. The van der Waals surface area contributed by atoms with Crippen molar-refractivity contribution in [3.63, 3.8) is 0 Å².